The average molecular weight is 384 g/mol. The van der Waals surface area contributed by atoms with Gasteiger partial charge in [-0.1, -0.05) is 48.0 Å². The molecule has 1 amide bonds. The monoisotopic (exact) mass is 384 g/mol. The number of halogens is 1. The van der Waals surface area contributed by atoms with E-state index in [1.54, 1.807) is 13.2 Å². The minimum absolute atomic E-state index is 0.0490. The smallest absolute Gasteiger partial charge is 0.224 e. The van der Waals surface area contributed by atoms with Crippen LogP contribution in [0.25, 0.3) is 0 Å². The molecule has 5 heteroatoms. The third kappa shape index (κ3) is 5.40. The van der Waals surface area contributed by atoms with E-state index >= 15 is 0 Å². The molecule has 2 atom stereocenters. The molecule has 1 saturated heterocycles. The predicted molar refractivity (Wildman–Crippen MR) is 109 cm³/mol. The number of nitrogens with one attached hydrogen (secondary N) is 1. The normalized spacial score (nSPS) is 20.1. The Labute approximate surface area is 166 Å². The van der Waals surface area contributed by atoms with Gasteiger partial charge in [-0.05, 0) is 30.9 Å². The van der Waals surface area contributed by atoms with E-state index in [4.69, 9.17) is 4.74 Å². The number of nitrogens with zero attached hydrogens (tertiary/aromatic N) is 1. The molecule has 2 aromatic rings. The lowest BCUT2D eigenvalue weighted by molar-refractivity contribution is -0.127. The van der Waals surface area contributed by atoms with Crippen LogP contribution in [0.1, 0.15) is 29.0 Å². The molecule has 0 aromatic heterocycles. The first-order valence-corrected chi connectivity index (χ1v) is 9.85. The second-order valence-corrected chi connectivity index (χ2v) is 7.61. The Bertz CT molecular complexity index is 796. The van der Waals surface area contributed by atoms with Crippen molar-refractivity contribution in [3.63, 3.8) is 0 Å². The van der Waals surface area contributed by atoms with Gasteiger partial charge in [-0.25, -0.2) is 4.39 Å². The number of rotatable bonds is 7. The number of aryl methyl sites for hydroxylation is 1. The van der Waals surface area contributed by atoms with Gasteiger partial charge in [0.25, 0.3) is 0 Å². The largest absolute Gasteiger partial charge is 0.383 e. The Kier molecular flexibility index (Phi) is 7.18. The summed E-state index contributed by atoms with van der Waals surface area (Å²) in [4.78, 5) is 14.9. The highest BCUT2D eigenvalue weighted by Gasteiger charge is 2.32. The van der Waals surface area contributed by atoms with E-state index in [0.717, 1.165) is 13.0 Å². The van der Waals surface area contributed by atoms with Crippen molar-refractivity contribution < 1.29 is 13.9 Å². The van der Waals surface area contributed by atoms with Gasteiger partial charge in [-0.15, -0.1) is 0 Å². The number of amides is 1. The molecule has 1 fully saturated rings. The molecular formula is C23H29FN2O2. The third-order valence-electron chi connectivity index (χ3n) is 5.37. The topological polar surface area (TPSA) is 41.6 Å². The van der Waals surface area contributed by atoms with Crippen LogP contribution in [-0.2, 0) is 16.1 Å². The van der Waals surface area contributed by atoms with E-state index in [2.05, 4.69) is 41.4 Å². The van der Waals surface area contributed by atoms with Gasteiger partial charge >= 0.3 is 0 Å². The molecule has 28 heavy (non-hydrogen) atoms. The zero-order valence-electron chi connectivity index (χ0n) is 16.7. The number of carbonyl (C=O) groups excluding carboxylic acids is 1. The van der Waals surface area contributed by atoms with Gasteiger partial charge in [-0.3, -0.25) is 9.69 Å². The first kappa shape index (κ1) is 20.5. The molecule has 2 aromatic carbocycles. The summed E-state index contributed by atoms with van der Waals surface area (Å²) in [5.74, 6) is -0.0179. The van der Waals surface area contributed by atoms with Gasteiger partial charge in [0.05, 0.1) is 12.5 Å². The number of likely N-dealkylation sites (tertiary alicyclic amines) is 1. The number of hydrogen-bond donors (Lipinski definition) is 1. The van der Waals surface area contributed by atoms with Gasteiger partial charge in [0, 0.05) is 38.9 Å². The fraction of sp³-hybridized carbons (Fsp3) is 0.435. The maximum Gasteiger partial charge on any atom is 0.224 e. The number of carbonyl (C=O) groups is 1. The van der Waals surface area contributed by atoms with E-state index in [1.807, 2.05) is 12.1 Å². The van der Waals surface area contributed by atoms with Crippen LogP contribution in [0.3, 0.4) is 0 Å². The summed E-state index contributed by atoms with van der Waals surface area (Å²) in [5.41, 5.74) is 3.13. The highest BCUT2D eigenvalue weighted by Crippen LogP contribution is 2.32. The summed E-state index contributed by atoms with van der Waals surface area (Å²) in [6, 6.07) is 15.3. The molecule has 3 rings (SSSR count). The molecule has 1 aliphatic heterocycles. The minimum atomic E-state index is -0.193. The maximum atomic E-state index is 14.2. The summed E-state index contributed by atoms with van der Waals surface area (Å²) in [6.45, 7) is 5.05. The van der Waals surface area contributed by atoms with Gasteiger partial charge < -0.3 is 10.1 Å². The fourth-order valence-corrected chi connectivity index (χ4v) is 3.96. The zero-order valence-corrected chi connectivity index (χ0v) is 16.7. The van der Waals surface area contributed by atoms with E-state index in [0.29, 0.717) is 31.8 Å². The summed E-state index contributed by atoms with van der Waals surface area (Å²) in [6.07, 6.45) is 0.802. The van der Waals surface area contributed by atoms with Crippen molar-refractivity contribution in [1.82, 2.24) is 10.2 Å². The summed E-state index contributed by atoms with van der Waals surface area (Å²) >= 11 is 0. The number of methoxy groups -OCH3 is 1. The van der Waals surface area contributed by atoms with E-state index in [-0.39, 0.29) is 23.6 Å². The van der Waals surface area contributed by atoms with E-state index < -0.39 is 0 Å². The highest BCUT2D eigenvalue weighted by atomic mass is 19.1. The molecule has 1 aliphatic rings. The van der Waals surface area contributed by atoms with Crippen molar-refractivity contribution in [1.29, 1.82) is 0 Å². The van der Waals surface area contributed by atoms with Crippen LogP contribution >= 0.6 is 0 Å². The minimum Gasteiger partial charge on any atom is -0.383 e. The maximum absolute atomic E-state index is 14.2. The molecule has 4 nitrogen and oxygen atoms in total. The second-order valence-electron chi connectivity index (χ2n) is 7.61. The summed E-state index contributed by atoms with van der Waals surface area (Å²) in [5, 5.41) is 2.97. The van der Waals surface area contributed by atoms with Gasteiger partial charge in [0.2, 0.25) is 5.91 Å². The lowest BCUT2D eigenvalue weighted by Gasteiger charge is -2.37. The first-order valence-electron chi connectivity index (χ1n) is 9.85. The Balaban J connectivity index is 1.77. The Morgan fingerprint density at radius 3 is 2.79 bits per heavy atom. The molecular weight excluding hydrogens is 355 g/mol. The van der Waals surface area contributed by atoms with Crippen molar-refractivity contribution >= 4 is 5.91 Å². The number of hydrogen-bond acceptors (Lipinski definition) is 3. The van der Waals surface area contributed by atoms with Crippen molar-refractivity contribution in [2.45, 2.75) is 25.8 Å². The Morgan fingerprint density at radius 2 is 2.04 bits per heavy atom. The standard InChI is InChI=1S/C23H29FN2O2/c1-17-6-5-8-18(12-17)20-13-21(23(27)25-10-11-28-2)16-26(15-20)14-19-7-3-4-9-22(19)24/h3-9,12,20-21H,10-11,13-16H2,1-2H3,(H,25,27)/t20-,21-/m0/s1. The predicted octanol–water partition coefficient (Wildman–Crippen LogP) is 3.50. The first-order chi connectivity index (χ1) is 13.6. The Morgan fingerprint density at radius 1 is 1.21 bits per heavy atom. The van der Waals surface area contributed by atoms with Crippen LogP contribution in [-0.4, -0.2) is 44.2 Å². The van der Waals surface area contributed by atoms with Crippen LogP contribution in [0.5, 0.6) is 0 Å². The molecule has 0 bridgehead atoms. The second kappa shape index (κ2) is 9.80. The highest BCUT2D eigenvalue weighted by molar-refractivity contribution is 5.79. The van der Waals surface area contributed by atoms with Gasteiger partial charge in [0.1, 0.15) is 5.82 Å². The molecule has 150 valence electrons. The van der Waals surface area contributed by atoms with Crippen LogP contribution in [0.2, 0.25) is 0 Å². The SMILES string of the molecule is COCCNC(=O)[C@H]1C[C@H](c2cccc(C)c2)CN(Cc2ccccc2F)C1. The van der Waals surface area contributed by atoms with Gasteiger partial charge in [-0.2, -0.15) is 0 Å². The van der Waals surface area contributed by atoms with Crippen LogP contribution < -0.4 is 5.32 Å². The quantitative estimate of drug-likeness (QED) is 0.743. The molecule has 0 unspecified atom stereocenters. The van der Waals surface area contributed by atoms with Gasteiger partial charge in [0.15, 0.2) is 0 Å². The van der Waals surface area contributed by atoms with Crippen LogP contribution in [0.4, 0.5) is 4.39 Å². The van der Waals surface area contributed by atoms with Crippen molar-refractivity contribution in [2.75, 3.05) is 33.4 Å². The molecule has 0 radical (unpaired) electrons. The van der Waals surface area contributed by atoms with E-state index in [9.17, 15) is 9.18 Å². The van der Waals surface area contributed by atoms with Crippen LogP contribution in [0.15, 0.2) is 48.5 Å². The third-order valence-corrected chi connectivity index (χ3v) is 5.37. The molecule has 0 spiro atoms. The fourth-order valence-electron chi connectivity index (χ4n) is 3.96. The summed E-state index contributed by atoms with van der Waals surface area (Å²) in [7, 11) is 1.62. The molecule has 0 aliphatic carbocycles. The lowest BCUT2D eigenvalue weighted by atomic mass is 9.83. The van der Waals surface area contributed by atoms with Crippen molar-refractivity contribution in [3.8, 4) is 0 Å². The lowest BCUT2D eigenvalue weighted by Crippen LogP contribution is -2.46. The molecule has 0 saturated carbocycles. The van der Waals surface area contributed by atoms with E-state index in [1.165, 1.54) is 17.2 Å². The summed E-state index contributed by atoms with van der Waals surface area (Å²) < 4.78 is 19.2. The number of ether oxygens (including phenoxy) is 1. The molecule has 1 heterocycles. The zero-order chi connectivity index (χ0) is 19.9. The van der Waals surface area contributed by atoms with Crippen LogP contribution in [0, 0.1) is 18.7 Å². The average Bonchev–Trinajstić information content (AvgIpc) is 2.69. The number of piperidine rings is 1. The molecule has 1 N–H and O–H groups in total. The Hall–Kier alpha value is -2.24. The van der Waals surface area contributed by atoms with Crippen molar-refractivity contribution in [3.05, 3.63) is 71.0 Å². The van der Waals surface area contributed by atoms with Crippen molar-refractivity contribution in [2.24, 2.45) is 5.92 Å². The number of benzene rings is 2.